The van der Waals surface area contributed by atoms with Crippen molar-refractivity contribution in [1.82, 2.24) is 10.3 Å². The zero-order valence-electron chi connectivity index (χ0n) is 16.7. The maximum absolute atomic E-state index is 12.3. The van der Waals surface area contributed by atoms with E-state index in [1.807, 2.05) is 51.1 Å². The highest BCUT2D eigenvalue weighted by Gasteiger charge is 2.22. The van der Waals surface area contributed by atoms with Crippen LogP contribution in [-0.2, 0) is 16.0 Å². The monoisotopic (exact) mass is 392 g/mol. The van der Waals surface area contributed by atoms with Crippen molar-refractivity contribution in [2.24, 2.45) is 0 Å². The number of hydrogen-bond donors (Lipinski definition) is 2. The van der Waals surface area contributed by atoms with E-state index in [1.165, 1.54) is 0 Å². The molecule has 2 aromatic carbocycles. The van der Waals surface area contributed by atoms with Crippen molar-refractivity contribution in [2.45, 2.75) is 39.7 Å². The molecule has 0 aliphatic carbocycles. The molecule has 0 saturated heterocycles. The van der Waals surface area contributed by atoms with Gasteiger partial charge in [-0.1, -0.05) is 48.0 Å². The molecule has 6 nitrogen and oxygen atoms in total. The number of nitrogens with one attached hydrogen (secondary N) is 1. The molecule has 1 heterocycles. The lowest BCUT2D eigenvalue weighted by molar-refractivity contribution is -0.142. The lowest BCUT2D eigenvalue weighted by Crippen LogP contribution is -2.34. The van der Waals surface area contributed by atoms with Gasteiger partial charge in [-0.15, -0.1) is 0 Å². The van der Waals surface area contributed by atoms with E-state index in [-0.39, 0.29) is 18.7 Å². The summed E-state index contributed by atoms with van der Waals surface area (Å²) in [6.45, 7) is 5.87. The number of benzene rings is 2. The van der Waals surface area contributed by atoms with E-state index < -0.39 is 12.0 Å². The summed E-state index contributed by atoms with van der Waals surface area (Å²) in [6, 6.07) is 12.2. The van der Waals surface area contributed by atoms with Crippen molar-refractivity contribution in [1.29, 1.82) is 0 Å². The second kappa shape index (κ2) is 8.73. The minimum absolute atomic E-state index is 0.0858. The molecule has 0 bridgehead atoms. The Hall–Kier alpha value is -3.41. The molecule has 6 heteroatoms. The molecule has 3 rings (SSSR count). The highest BCUT2D eigenvalue weighted by atomic mass is 16.4. The van der Waals surface area contributed by atoms with Gasteiger partial charge in [0.2, 0.25) is 5.91 Å². The third-order valence-electron chi connectivity index (χ3n) is 4.87. The van der Waals surface area contributed by atoms with E-state index in [2.05, 4.69) is 10.3 Å². The number of aromatic nitrogens is 1. The molecule has 2 N–H and O–H groups in total. The van der Waals surface area contributed by atoms with E-state index in [4.69, 9.17) is 4.42 Å². The van der Waals surface area contributed by atoms with E-state index >= 15 is 0 Å². The minimum atomic E-state index is -1.10. The second-order valence-electron chi connectivity index (χ2n) is 7.17. The number of carboxylic acids is 1. The van der Waals surface area contributed by atoms with Gasteiger partial charge in [0.05, 0.1) is 6.20 Å². The number of aryl methyl sites for hydroxylation is 4. The number of oxazole rings is 1. The molecule has 150 valence electrons. The van der Waals surface area contributed by atoms with Crippen molar-refractivity contribution in [3.05, 3.63) is 76.8 Å². The van der Waals surface area contributed by atoms with Gasteiger partial charge < -0.3 is 14.8 Å². The summed E-state index contributed by atoms with van der Waals surface area (Å²) >= 11 is 0. The molecule has 1 aromatic heterocycles. The summed E-state index contributed by atoms with van der Waals surface area (Å²) in [4.78, 5) is 28.2. The number of carboxylic acid groups (broad SMARTS) is 1. The standard InChI is InChI=1S/C23H24N2O4/c1-14-4-7-17(8-5-14)19-13-24-21(29-19)11-10-20(26)25-22(23(27)28)18-9-6-15(2)16(3)12-18/h4-9,12-13,22H,10-11H2,1-3H3,(H,25,26)(H,27,28). The Morgan fingerprint density at radius 1 is 1.07 bits per heavy atom. The van der Waals surface area contributed by atoms with Gasteiger partial charge in [0.25, 0.3) is 0 Å². The van der Waals surface area contributed by atoms with Crippen molar-refractivity contribution >= 4 is 11.9 Å². The third kappa shape index (κ3) is 5.10. The van der Waals surface area contributed by atoms with E-state index in [1.54, 1.807) is 18.3 Å². The normalized spacial score (nSPS) is 11.8. The van der Waals surface area contributed by atoms with Gasteiger partial charge in [0.15, 0.2) is 17.7 Å². The van der Waals surface area contributed by atoms with Crippen LogP contribution in [0.5, 0.6) is 0 Å². The van der Waals surface area contributed by atoms with Crippen molar-refractivity contribution in [2.75, 3.05) is 0 Å². The molecule has 0 aliphatic heterocycles. The first-order chi connectivity index (χ1) is 13.8. The topological polar surface area (TPSA) is 92.4 Å². The Bertz CT molecular complexity index is 1020. The van der Waals surface area contributed by atoms with Crippen molar-refractivity contribution in [3.63, 3.8) is 0 Å². The van der Waals surface area contributed by atoms with Crippen LogP contribution in [0.2, 0.25) is 0 Å². The first kappa shape index (κ1) is 20.3. The lowest BCUT2D eigenvalue weighted by atomic mass is 10.0. The number of hydrogen-bond acceptors (Lipinski definition) is 4. The molecule has 1 amide bonds. The van der Waals surface area contributed by atoms with Crippen LogP contribution in [-0.4, -0.2) is 22.0 Å². The van der Waals surface area contributed by atoms with Crippen LogP contribution in [0.15, 0.2) is 53.1 Å². The molecule has 1 atom stereocenters. The highest BCUT2D eigenvalue weighted by Crippen LogP contribution is 2.22. The zero-order valence-corrected chi connectivity index (χ0v) is 16.7. The number of carbonyl (C=O) groups is 2. The molecular weight excluding hydrogens is 368 g/mol. The van der Waals surface area contributed by atoms with Crippen LogP contribution < -0.4 is 5.32 Å². The highest BCUT2D eigenvalue weighted by molar-refractivity contribution is 5.84. The Labute approximate surface area is 169 Å². The van der Waals surface area contributed by atoms with Crippen LogP contribution in [0.3, 0.4) is 0 Å². The number of nitrogens with zero attached hydrogens (tertiary/aromatic N) is 1. The molecule has 0 spiro atoms. The maximum atomic E-state index is 12.3. The van der Waals surface area contributed by atoms with Crippen LogP contribution in [0.25, 0.3) is 11.3 Å². The SMILES string of the molecule is Cc1ccc(-c2cnc(CCC(=O)NC(C(=O)O)c3ccc(C)c(C)c3)o2)cc1. The first-order valence-electron chi connectivity index (χ1n) is 9.44. The molecule has 0 aliphatic rings. The molecule has 3 aromatic rings. The van der Waals surface area contributed by atoms with Gasteiger partial charge in [-0.25, -0.2) is 9.78 Å². The molecule has 29 heavy (non-hydrogen) atoms. The quantitative estimate of drug-likeness (QED) is 0.630. The summed E-state index contributed by atoms with van der Waals surface area (Å²) in [5.74, 6) is -0.391. The van der Waals surface area contributed by atoms with Crippen LogP contribution >= 0.6 is 0 Å². The van der Waals surface area contributed by atoms with E-state index in [0.717, 1.165) is 22.3 Å². The molecule has 0 fully saturated rings. The smallest absolute Gasteiger partial charge is 0.330 e. The lowest BCUT2D eigenvalue weighted by Gasteiger charge is -2.16. The van der Waals surface area contributed by atoms with Crippen molar-refractivity contribution < 1.29 is 19.1 Å². The van der Waals surface area contributed by atoms with Crippen LogP contribution in [0.1, 0.15) is 40.6 Å². The Morgan fingerprint density at radius 2 is 1.79 bits per heavy atom. The third-order valence-corrected chi connectivity index (χ3v) is 4.87. The minimum Gasteiger partial charge on any atom is -0.479 e. The van der Waals surface area contributed by atoms with Gasteiger partial charge in [-0.2, -0.15) is 0 Å². The number of carbonyl (C=O) groups excluding carboxylic acids is 1. The maximum Gasteiger partial charge on any atom is 0.330 e. The molecule has 1 unspecified atom stereocenters. The average molecular weight is 392 g/mol. The number of rotatable bonds is 7. The summed E-state index contributed by atoms with van der Waals surface area (Å²) in [6.07, 6.45) is 2.01. The van der Waals surface area contributed by atoms with Gasteiger partial charge in [-0.05, 0) is 37.5 Å². The Morgan fingerprint density at radius 3 is 2.45 bits per heavy atom. The van der Waals surface area contributed by atoms with Gasteiger partial charge >= 0.3 is 5.97 Å². The van der Waals surface area contributed by atoms with Crippen LogP contribution in [0, 0.1) is 20.8 Å². The molecule has 0 radical (unpaired) electrons. The van der Waals surface area contributed by atoms with Gasteiger partial charge in [0, 0.05) is 18.4 Å². The predicted molar refractivity (Wildman–Crippen MR) is 109 cm³/mol. The van der Waals surface area contributed by atoms with Gasteiger partial charge in [0.1, 0.15) is 0 Å². The summed E-state index contributed by atoms with van der Waals surface area (Å²) < 4.78 is 5.72. The van der Waals surface area contributed by atoms with Gasteiger partial charge in [-0.3, -0.25) is 4.79 Å². The molecular formula is C23H24N2O4. The number of amides is 1. The largest absolute Gasteiger partial charge is 0.479 e. The summed E-state index contributed by atoms with van der Waals surface area (Å²) in [5, 5.41) is 12.1. The second-order valence-corrected chi connectivity index (χ2v) is 7.17. The summed E-state index contributed by atoms with van der Waals surface area (Å²) in [7, 11) is 0. The van der Waals surface area contributed by atoms with Crippen LogP contribution in [0.4, 0.5) is 0 Å². The first-order valence-corrected chi connectivity index (χ1v) is 9.44. The predicted octanol–water partition coefficient (Wildman–Crippen LogP) is 4.14. The Balaban J connectivity index is 1.62. The fourth-order valence-corrected chi connectivity index (χ4v) is 2.96. The zero-order chi connectivity index (χ0) is 21.0. The van der Waals surface area contributed by atoms with Crippen molar-refractivity contribution in [3.8, 4) is 11.3 Å². The number of aliphatic carboxylic acids is 1. The Kier molecular flexibility index (Phi) is 6.12. The average Bonchev–Trinajstić information content (AvgIpc) is 3.16. The fraction of sp³-hybridized carbons (Fsp3) is 0.261. The summed E-state index contributed by atoms with van der Waals surface area (Å²) in [5.41, 5.74) is 4.66. The van der Waals surface area contributed by atoms with E-state index in [9.17, 15) is 14.7 Å². The van der Waals surface area contributed by atoms with E-state index in [0.29, 0.717) is 17.2 Å². The molecule has 0 saturated carbocycles. The fourth-order valence-electron chi connectivity index (χ4n) is 2.96.